The molecular formula is C20H24N2O3. The molecular weight excluding hydrogens is 316 g/mol. The van der Waals surface area contributed by atoms with E-state index in [0.29, 0.717) is 19.0 Å². The van der Waals surface area contributed by atoms with Crippen molar-refractivity contribution >= 4 is 6.03 Å². The highest BCUT2D eigenvalue weighted by atomic mass is 16.5. The predicted octanol–water partition coefficient (Wildman–Crippen LogP) is 3.27. The maximum atomic E-state index is 12.1. The van der Waals surface area contributed by atoms with Gasteiger partial charge in [0.05, 0.1) is 13.2 Å². The Bertz CT molecular complexity index is 673. The molecule has 132 valence electrons. The van der Waals surface area contributed by atoms with E-state index in [4.69, 9.17) is 9.47 Å². The van der Waals surface area contributed by atoms with E-state index in [1.807, 2.05) is 42.5 Å². The Morgan fingerprint density at radius 2 is 1.88 bits per heavy atom. The van der Waals surface area contributed by atoms with Crippen LogP contribution in [0.2, 0.25) is 0 Å². The van der Waals surface area contributed by atoms with Gasteiger partial charge < -0.3 is 20.1 Å². The van der Waals surface area contributed by atoms with Crippen LogP contribution in [0.3, 0.4) is 0 Å². The van der Waals surface area contributed by atoms with E-state index in [0.717, 1.165) is 24.3 Å². The lowest BCUT2D eigenvalue weighted by Crippen LogP contribution is -2.38. The molecule has 1 aliphatic rings. The second-order valence-corrected chi connectivity index (χ2v) is 6.16. The number of methoxy groups -OCH3 is 1. The molecule has 25 heavy (non-hydrogen) atoms. The standard InChI is InChI=1S/C20H24N2O3/c1-24-18-9-7-15(8-10-18)13-21-20(23)22-14-17-11-12-25-19(17)16-5-3-2-4-6-16/h2-10,17,19H,11-14H2,1H3,(H2,21,22,23). The van der Waals surface area contributed by atoms with Gasteiger partial charge in [0, 0.05) is 25.6 Å². The summed E-state index contributed by atoms with van der Waals surface area (Å²) < 4.78 is 11.0. The first-order chi connectivity index (χ1) is 12.3. The van der Waals surface area contributed by atoms with Crippen LogP contribution in [0.25, 0.3) is 0 Å². The third-order valence-electron chi connectivity index (χ3n) is 4.48. The van der Waals surface area contributed by atoms with Gasteiger partial charge in [-0.05, 0) is 29.7 Å². The third-order valence-corrected chi connectivity index (χ3v) is 4.48. The fourth-order valence-electron chi connectivity index (χ4n) is 3.07. The molecule has 2 unspecified atom stereocenters. The molecule has 1 aliphatic heterocycles. The van der Waals surface area contributed by atoms with Gasteiger partial charge in [0.1, 0.15) is 5.75 Å². The normalized spacial score (nSPS) is 19.4. The van der Waals surface area contributed by atoms with Gasteiger partial charge in [0.25, 0.3) is 0 Å². The minimum atomic E-state index is -0.158. The summed E-state index contributed by atoms with van der Waals surface area (Å²) in [6, 6.07) is 17.7. The van der Waals surface area contributed by atoms with Gasteiger partial charge >= 0.3 is 6.03 Å². The van der Waals surface area contributed by atoms with Gasteiger partial charge in [-0.15, -0.1) is 0 Å². The highest BCUT2D eigenvalue weighted by Gasteiger charge is 2.29. The van der Waals surface area contributed by atoms with Crippen molar-refractivity contribution in [1.82, 2.24) is 10.6 Å². The quantitative estimate of drug-likeness (QED) is 0.848. The average Bonchev–Trinajstić information content (AvgIpc) is 3.14. The summed E-state index contributed by atoms with van der Waals surface area (Å²) in [7, 11) is 1.64. The molecule has 1 heterocycles. The molecule has 2 N–H and O–H groups in total. The van der Waals surface area contributed by atoms with Crippen molar-refractivity contribution in [2.24, 2.45) is 5.92 Å². The smallest absolute Gasteiger partial charge is 0.315 e. The fourth-order valence-corrected chi connectivity index (χ4v) is 3.07. The summed E-state index contributed by atoms with van der Waals surface area (Å²) in [5, 5.41) is 5.85. The Morgan fingerprint density at radius 1 is 1.12 bits per heavy atom. The summed E-state index contributed by atoms with van der Waals surface area (Å²) in [4.78, 5) is 12.1. The van der Waals surface area contributed by atoms with Crippen molar-refractivity contribution in [3.05, 3.63) is 65.7 Å². The number of urea groups is 1. The summed E-state index contributed by atoms with van der Waals surface area (Å²) in [5.41, 5.74) is 2.20. The molecule has 0 aromatic heterocycles. The largest absolute Gasteiger partial charge is 0.497 e. The van der Waals surface area contributed by atoms with Crippen LogP contribution in [0.4, 0.5) is 4.79 Å². The predicted molar refractivity (Wildman–Crippen MR) is 96.5 cm³/mol. The van der Waals surface area contributed by atoms with Crippen LogP contribution < -0.4 is 15.4 Å². The van der Waals surface area contributed by atoms with E-state index in [1.54, 1.807) is 7.11 Å². The number of carbonyl (C=O) groups is 1. The van der Waals surface area contributed by atoms with E-state index in [2.05, 4.69) is 22.8 Å². The maximum absolute atomic E-state index is 12.1. The van der Waals surface area contributed by atoms with Crippen LogP contribution >= 0.6 is 0 Å². The van der Waals surface area contributed by atoms with Crippen LogP contribution in [0, 0.1) is 5.92 Å². The monoisotopic (exact) mass is 340 g/mol. The molecule has 0 spiro atoms. The number of rotatable bonds is 6. The Kier molecular flexibility index (Phi) is 5.90. The van der Waals surface area contributed by atoms with Crippen LogP contribution in [0.15, 0.2) is 54.6 Å². The van der Waals surface area contributed by atoms with Crippen molar-refractivity contribution in [2.75, 3.05) is 20.3 Å². The van der Waals surface area contributed by atoms with Crippen molar-refractivity contribution in [3.63, 3.8) is 0 Å². The highest BCUT2D eigenvalue weighted by Crippen LogP contribution is 2.33. The van der Waals surface area contributed by atoms with Gasteiger partial charge in [-0.2, -0.15) is 0 Å². The van der Waals surface area contributed by atoms with Crippen LogP contribution in [0.1, 0.15) is 23.7 Å². The van der Waals surface area contributed by atoms with Crippen LogP contribution in [-0.2, 0) is 11.3 Å². The molecule has 5 heteroatoms. The van der Waals surface area contributed by atoms with Gasteiger partial charge in [0.2, 0.25) is 0 Å². The molecule has 0 bridgehead atoms. The lowest BCUT2D eigenvalue weighted by molar-refractivity contribution is 0.0910. The van der Waals surface area contributed by atoms with E-state index in [-0.39, 0.29) is 12.1 Å². The Labute approximate surface area is 148 Å². The maximum Gasteiger partial charge on any atom is 0.315 e. The van der Waals surface area contributed by atoms with Gasteiger partial charge in [-0.3, -0.25) is 0 Å². The molecule has 2 amide bonds. The number of amides is 2. The first-order valence-corrected chi connectivity index (χ1v) is 8.57. The summed E-state index contributed by atoms with van der Waals surface area (Å²) >= 11 is 0. The molecule has 0 radical (unpaired) electrons. The summed E-state index contributed by atoms with van der Waals surface area (Å²) in [5.74, 6) is 1.11. The lowest BCUT2D eigenvalue weighted by atomic mass is 9.95. The minimum absolute atomic E-state index is 0.0584. The van der Waals surface area contributed by atoms with Crippen molar-refractivity contribution < 1.29 is 14.3 Å². The number of hydrogen-bond donors (Lipinski definition) is 2. The zero-order valence-corrected chi connectivity index (χ0v) is 14.4. The molecule has 0 aliphatic carbocycles. The second kappa shape index (κ2) is 8.53. The zero-order valence-electron chi connectivity index (χ0n) is 14.4. The van der Waals surface area contributed by atoms with Crippen molar-refractivity contribution in [1.29, 1.82) is 0 Å². The topological polar surface area (TPSA) is 59.6 Å². The van der Waals surface area contributed by atoms with Gasteiger partial charge in [-0.25, -0.2) is 4.79 Å². The average molecular weight is 340 g/mol. The number of carbonyl (C=O) groups excluding carboxylic acids is 1. The van der Waals surface area contributed by atoms with E-state index < -0.39 is 0 Å². The van der Waals surface area contributed by atoms with Crippen molar-refractivity contribution in [3.8, 4) is 5.75 Å². The molecule has 1 fully saturated rings. The van der Waals surface area contributed by atoms with E-state index in [1.165, 1.54) is 5.56 Å². The molecule has 2 aromatic carbocycles. The third kappa shape index (κ3) is 4.73. The summed E-state index contributed by atoms with van der Waals surface area (Å²) in [6.07, 6.45) is 1.02. The van der Waals surface area contributed by atoms with Crippen LogP contribution in [0.5, 0.6) is 5.75 Å². The summed E-state index contributed by atoms with van der Waals surface area (Å²) in [6.45, 7) is 1.83. The fraction of sp³-hybridized carbons (Fsp3) is 0.350. The molecule has 5 nitrogen and oxygen atoms in total. The first-order valence-electron chi connectivity index (χ1n) is 8.57. The zero-order chi connectivity index (χ0) is 17.5. The van der Waals surface area contributed by atoms with Crippen molar-refractivity contribution in [2.45, 2.75) is 19.1 Å². The molecule has 3 rings (SSSR count). The SMILES string of the molecule is COc1ccc(CNC(=O)NCC2CCOC2c2ccccc2)cc1. The van der Waals surface area contributed by atoms with Gasteiger partial charge in [0.15, 0.2) is 0 Å². The number of ether oxygens (including phenoxy) is 2. The molecule has 2 atom stereocenters. The highest BCUT2D eigenvalue weighted by molar-refractivity contribution is 5.73. The molecule has 0 saturated carbocycles. The van der Waals surface area contributed by atoms with E-state index in [9.17, 15) is 4.79 Å². The van der Waals surface area contributed by atoms with E-state index >= 15 is 0 Å². The molecule has 1 saturated heterocycles. The van der Waals surface area contributed by atoms with Crippen LogP contribution in [-0.4, -0.2) is 26.3 Å². The Balaban J connectivity index is 1.45. The van der Waals surface area contributed by atoms with Gasteiger partial charge in [-0.1, -0.05) is 42.5 Å². The Hall–Kier alpha value is -2.53. The number of benzene rings is 2. The lowest BCUT2D eigenvalue weighted by Gasteiger charge is -2.19. The number of hydrogen-bond acceptors (Lipinski definition) is 3. The Morgan fingerprint density at radius 3 is 2.60 bits per heavy atom. The second-order valence-electron chi connectivity index (χ2n) is 6.16. The first kappa shape index (κ1) is 17.3. The molecule has 2 aromatic rings. The minimum Gasteiger partial charge on any atom is -0.497 e. The number of nitrogens with one attached hydrogen (secondary N) is 2.